The van der Waals surface area contributed by atoms with Gasteiger partial charge in [0.25, 0.3) is 0 Å². The minimum absolute atomic E-state index is 0.108. The largest absolute Gasteiger partial charge is 0.477 e. The number of halogens is 2. The van der Waals surface area contributed by atoms with Gasteiger partial charge in [0.05, 0.1) is 25.0 Å². The SMILES string of the molecule is CCOc1cnc(NC(=O)N(C)C2CN(c3nccc(NC(=O)O)n3)CCC2F)cn1.CN1CCCC(F)C1. The number of hydrogen-bond acceptors (Lipinski definition) is 9. The number of alkyl halides is 2. The highest BCUT2D eigenvalue weighted by Gasteiger charge is 2.35. The normalized spacial score (nSPS) is 21.3. The van der Waals surface area contributed by atoms with E-state index in [0.717, 1.165) is 19.4 Å². The molecule has 3 N–H and O–H groups in total. The topological polar surface area (TPSA) is 149 Å². The van der Waals surface area contributed by atoms with E-state index in [4.69, 9.17) is 9.84 Å². The number of rotatable bonds is 6. The van der Waals surface area contributed by atoms with E-state index < -0.39 is 30.5 Å². The molecule has 2 aliphatic rings. The van der Waals surface area contributed by atoms with E-state index in [2.05, 4.69) is 30.6 Å². The van der Waals surface area contributed by atoms with E-state index in [1.54, 1.807) is 4.90 Å². The third-order valence-corrected chi connectivity index (χ3v) is 6.20. The zero-order valence-electron chi connectivity index (χ0n) is 22.3. The Morgan fingerprint density at radius 2 is 1.92 bits per heavy atom. The van der Waals surface area contributed by atoms with Crippen molar-refractivity contribution in [2.45, 2.75) is 44.6 Å². The second-order valence-corrected chi connectivity index (χ2v) is 9.21. The molecule has 2 saturated heterocycles. The molecule has 0 radical (unpaired) electrons. The monoisotopic (exact) mass is 551 g/mol. The Balaban J connectivity index is 0.000000449. The third-order valence-electron chi connectivity index (χ3n) is 6.20. The van der Waals surface area contributed by atoms with Gasteiger partial charge in [0, 0.05) is 32.9 Å². The van der Waals surface area contributed by atoms with Crippen LogP contribution in [0.25, 0.3) is 0 Å². The van der Waals surface area contributed by atoms with Crippen molar-refractivity contribution in [3.8, 4) is 5.88 Å². The number of nitrogens with one attached hydrogen (secondary N) is 2. The van der Waals surface area contributed by atoms with E-state index in [-0.39, 0.29) is 30.5 Å². The van der Waals surface area contributed by atoms with Gasteiger partial charge in [-0.1, -0.05) is 0 Å². The molecule has 0 aliphatic carbocycles. The van der Waals surface area contributed by atoms with Gasteiger partial charge >= 0.3 is 12.1 Å². The number of anilines is 3. The Hall–Kier alpha value is -3.88. The molecule has 39 heavy (non-hydrogen) atoms. The first kappa shape index (κ1) is 29.7. The summed E-state index contributed by atoms with van der Waals surface area (Å²) in [5, 5.41) is 13.6. The third kappa shape index (κ3) is 9.12. The first-order valence-corrected chi connectivity index (χ1v) is 12.7. The van der Waals surface area contributed by atoms with Crippen LogP contribution in [0.3, 0.4) is 0 Å². The molecular formula is C24H35F2N9O4. The fourth-order valence-electron chi connectivity index (χ4n) is 4.18. The first-order chi connectivity index (χ1) is 18.7. The molecule has 4 rings (SSSR count). The first-order valence-electron chi connectivity index (χ1n) is 12.7. The summed E-state index contributed by atoms with van der Waals surface area (Å²) in [6, 6.07) is 0.0910. The Bertz CT molecular complexity index is 1070. The molecule has 2 aromatic heterocycles. The quantitative estimate of drug-likeness (QED) is 0.489. The predicted octanol–water partition coefficient (Wildman–Crippen LogP) is 2.89. The van der Waals surface area contributed by atoms with Crippen LogP contribution >= 0.6 is 0 Å². The maximum atomic E-state index is 14.7. The van der Waals surface area contributed by atoms with Crippen molar-refractivity contribution >= 4 is 29.7 Å². The number of amides is 3. The number of nitrogens with zero attached hydrogens (tertiary/aromatic N) is 7. The van der Waals surface area contributed by atoms with Gasteiger partial charge in [0.15, 0.2) is 5.82 Å². The summed E-state index contributed by atoms with van der Waals surface area (Å²) >= 11 is 0. The van der Waals surface area contributed by atoms with Crippen LogP contribution in [0.15, 0.2) is 24.7 Å². The summed E-state index contributed by atoms with van der Waals surface area (Å²) in [5.41, 5.74) is 0. The number of likely N-dealkylation sites (tertiary alicyclic amines) is 1. The van der Waals surface area contributed by atoms with Gasteiger partial charge in [-0.25, -0.2) is 33.3 Å². The maximum absolute atomic E-state index is 14.7. The van der Waals surface area contributed by atoms with Crippen molar-refractivity contribution in [1.29, 1.82) is 0 Å². The molecule has 2 aliphatic heterocycles. The van der Waals surface area contributed by atoms with E-state index in [1.807, 2.05) is 18.9 Å². The maximum Gasteiger partial charge on any atom is 0.410 e. The standard InChI is InChI=1S/C18H23FN8O4.C6H12FN/c1-3-31-15-9-21-14(8-22-15)24-17(28)26(2)12-10-27(7-5-11(12)19)16-20-6-4-13(23-16)25-18(29)30;1-8-4-2-3-6(7)5-8/h4,6,8-9,11-12H,3,5,7,10H2,1-2H3,(H,29,30)(H,20,23,25)(H,21,24,28);6H,2-5H2,1H3. The molecule has 3 amide bonds. The fraction of sp³-hybridized carbons (Fsp3) is 0.583. The Labute approximate surface area is 225 Å². The van der Waals surface area contributed by atoms with Crippen LogP contribution in [-0.4, -0.2) is 112 Å². The molecular weight excluding hydrogens is 516 g/mol. The van der Waals surface area contributed by atoms with Gasteiger partial charge in [-0.2, -0.15) is 4.98 Å². The molecule has 2 aromatic rings. The van der Waals surface area contributed by atoms with Crippen LogP contribution in [0.4, 0.5) is 36.0 Å². The number of aromatic nitrogens is 4. The second kappa shape index (κ2) is 14.3. The number of carboxylic acid groups (broad SMARTS) is 1. The van der Waals surface area contributed by atoms with Crippen LogP contribution in [0.5, 0.6) is 5.88 Å². The predicted molar refractivity (Wildman–Crippen MR) is 141 cm³/mol. The minimum atomic E-state index is -1.25. The summed E-state index contributed by atoms with van der Waals surface area (Å²) in [6.07, 6.45) is 3.03. The molecule has 0 spiro atoms. The summed E-state index contributed by atoms with van der Waals surface area (Å²) in [4.78, 5) is 44.8. The lowest BCUT2D eigenvalue weighted by molar-refractivity contribution is 0.133. The van der Waals surface area contributed by atoms with E-state index in [0.29, 0.717) is 25.6 Å². The minimum Gasteiger partial charge on any atom is -0.477 e. The van der Waals surface area contributed by atoms with Crippen molar-refractivity contribution in [3.63, 3.8) is 0 Å². The number of hydrogen-bond donors (Lipinski definition) is 3. The molecule has 13 nitrogen and oxygen atoms in total. The second-order valence-electron chi connectivity index (χ2n) is 9.21. The lowest BCUT2D eigenvalue weighted by atomic mass is 10.0. The molecule has 3 unspecified atom stereocenters. The summed E-state index contributed by atoms with van der Waals surface area (Å²) < 4.78 is 32.2. The smallest absolute Gasteiger partial charge is 0.410 e. The average Bonchev–Trinajstić information content (AvgIpc) is 2.90. The van der Waals surface area contributed by atoms with Gasteiger partial charge in [-0.15, -0.1) is 0 Å². The van der Waals surface area contributed by atoms with Crippen molar-refractivity contribution in [2.75, 3.05) is 62.4 Å². The summed E-state index contributed by atoms with van der Waals surface area (Å²) in [6.45, 7) is 4.43. The molecule has 15 heteroatoms. The molecule has 3 atom stereocenters. The van der Waals surface area contributed by atoms with Gasteiger partial charge in [0.2, 0.25) is 11.8 Å². The highest BCUT2D eigenvalue weighted by Crippen LogP contribution is 2.23. The van der Waals surface area contributed by atoms with Crippen molar-refractivity contribution in [1.82, 2.24) is 29.7 Å². The van der Waals surface area contributed by atoms with Crippen molar-refractivity contribution in [3.05, 3.63) is 24.7 Å². The van der Waals surface area contributed by atoms with E-state index in [9.17, 15) is 18.4 Å². The Kier molecular flexibility index (Phi) is 10.9. The summed E-state index contributed by atoms with van der Waals surface area (Å²) in [7, 11) is 3.45. The number of likely N-dealkylation sites (N-methyl/N-ethyl adjacent to an activating group) is 1. The molecule has 2 fully saturated rings. The van der Waals surface area contributed by atoms with Crippen LogP contribution in [0, 0.1) is 0 Å². The molecule has 214 valence electrons. The Morgan fingerprint density at radius 1 is 1.13 bits per heavy atom. The van der Waals surface area contributed by atoms with Gasteiger partial charge < -0.3 is 24.5 Å². The van der Waals surface area contributed by atoms with Crippen LogP contribution in [0.2, 0.25) is 0 Å². The number of piperidine rings is 2. The van der Waals surface area contributed by atoms with Crippen LogP contribution in [0.1, 0.15) is 26.2 Å². The number of urea groups is 1. The highest BCUT2D eigenvalue weighted by atomic mass is 19.1. The van der Waals surface area contributed by atoms with Gasteiger partial charge in [-0.05, 0) is 45.8 Å². The fourth-order valence-corrected chi connectivity index (χ4v) is 4.18. The van der Waals surface area contributed by atoms with E-state index >= 15 is 0 Å². The molecule has 0 saturated carbocycles. The molecule has 4 heterocycles. The van der Waals surface area contributed by atoms with Crippen molar-refractivity contribution in [2.24, 2.45) is 0 Å². The number of carbonyl (C=O) groups is 2. The molecule has 0 aromatic carbocycles. The molecule has 0 bridgehead atoms. The van der Waals surface area contributed by atoms with Gasteiger partial charge in [-0.3, -0.25) is 10.6 Å². The lowest BCUT2D eigenvalue weighted by Gasteiger charge is -2.39. The zero-order chi connectivity index (χ0) is 28.4. The number of ether oxygens (including phenoxy) is 1. The van der Waals surface area contributed by atoms with Crippen LogP contribution in [-0.2, 0) is 0 Å². The van der Waals surface area contributed by atoms with Crippen LogP contribution < -0.4 is 20.3 Å². The number of carbonyl (C=O) groups excluding carboxylic acids is 1. The van der Waals surface area contributed by atoms with Gasteiger partial charge in [0.1, 0.15) is 18.2 Å². The van der Waals surface area contributed by atoms with Crippen molar-refractivity contribution < 1.29 is 28.2 Å². The lowest BCUT2D eigenvalue weighted by Crippen LogP contribution is -2.55. The zero-order valence-corrected chi connectivity index (χ0v) is 22.3. The highest BCUT2D eigenvalue weighted by molar-refractivity contribution is 5.88. The Morgan fingerprint density at radius 3 is 2.54 bits per heavy atom. The average molecular weight is 552 g/mol. The summed E-state index contributed by atoms with van der Waals surface area (Å²) in [5.74, 6) is 0.894. The van der Waals surface area contributed by atoms with E-state index in [1.165, 1.54) is 36.6 Å².